The van der Waals surface area contributed by atoms with Gasteiger partial charge >= 0.3 is 23.9 Å². The number of pyridine rings is 1. The maximum Gasteiger partial charge on any atom is 0.328 e. The predicted molar refractivity (Wildman–Crippen MR) is 184 cm³/mol. The Kier molecular flexibility index (Phi) is 14.8. The Morgan fingerprint density at radius 3 is 2.12 bits per heavy atom. The molecule has 1 unspecified atom stereocenters. The van der Waals surface area contributed by atoms with Gasteiger partial charge in [-0.25, -0.2) is 19.2 Å². The Balaban J connectivity index is 0.000000352. The number of aliphatic hydroxyl groups is 1. The zero-order valence-electron chi connectivity index (χ0n) is 27.3. The summed E-state index contributed by atoms with van der Waals surface area (Å²) in [4.78, 5) is 45.5. The number of fused-ring (bicyclic) bond motifs is 2. The van der Waals surface area contributed by atoms with Crippen LogP contribution in [-0.4, -0.2) is 96.6 Å². The smallest absolute Gasteiger partial charge is 0.328 e. The van der Waals surface area contributed by atoms with Gasteiger partial charge in [0.2, 0.25) is 0 Å². The van der Waals surface area contributed by atoms with Crippen molar-refractivity contribution >= 4 is 58.1 Å². The molecule has 0 amide bonds. The van der Waals surface area contributed by atoms with Crippen molar-refractivity contribution < 1.29 is 53.9 Å². The lowest BCUT2D eigenvalue weighted by atomic mass is 10.0. The van der Waals surface area contributed by atoms with Crippen molar-refractivity contribution in [3.05, 3.63) is 88.9 Å². The third-order valence-electron chi connectivity index (χ3n) is 7.55. The molecule has 2 aromatic heterocycles. The van der Waals surface area contributed by atoms with Crippen LogP contribution in [-0.2, 0) is 32.8 Å². The van der Waals surface area contributed by atoms with Crippen molar-refractivity contribution in [3.63, 3.8) is 0 Å². The normalized spacial score (nSPS) is 14.1. The Hall–Kier alpha value is -5.42. The minimum Gasteiger partial charge on any atom is -0.497 e. The van der Waals surface area contributed by atoms with E-state index in [1.807, 2.05) is 35.9 Å². The second-order valence-electron chi connectivity index (χ2n) is 11.0. The van der Waals surface area contributed by atoms with Crippen LogP contribution in [0.15, 0.2) is 77.4 Å². The number of nitrogens with zero attached hydrogens (tertiary/aromatic N) is 3. The van der Waals surface area contributed by atoms with Gasteiger partial charge in [0.05, 0.1) is 24.2 Å². The number of aryl methyl sites for hydroxylation is 1. The Bertz CT molecular complexity index is 1860. The second kappa shape index (κ2) is 18.9. The maximum atomic E-state index is 11.0. The number of carbonyl (C=O) groups is 4. The first-order valence-corrected chi connectivity index (χ1v) is 15.6. The number of likely N-dealkylation sites (tertiary alicyclic amines) is 1. The first-order valence-electron chi connectivity index (χ1n) is 15.2. The minimum absolute atomic E-state index is 0.456. The molecule has 1 atom stereocenters. The van der Waals surface area contributed by atoms with Crippen molar-refractivity contribution in [2.45, 2.75) is 31.5 Å². The van der Waals surface area contributed by atoms with E-state index >= 15 is 0 Å². The molecular formula is C34H38N4O11S. The lowest BCUT2D eigenvalue weighted by Crippen LogP contribution is -2.43. The molecule has 0 bridgehead atoms. The number of aliphatic carboxylic acids is 4. The van der Waals surface area contributed by atoms with Gasteiger partial charge in [-0.1, -0.05) is 6.07 Å². The molecular weight excluding hydrogens is 672 g/mol. The average Bonchev–Trinajstić information content (AvgIpc) is 3.37. The van der Waals surface area contributed by atoms with E-state index in [1.165, 1.54) is 5.56 Å². The lowest BCUT2D eigenvalue weighted by Gasteiger charge is -2.33. The van der Waals surface area contributed by atoms with Crippen molar-refractivity contribution in [2.24, 2.45) is 7.05 Å². The number of carboxylic acid groups (broad SMARTS) is 4. The number of piperidine rings is 1. The summed E-state index contributed by atoms with van der Waals surface area (Å²) in [5.74, 6) is -4.26. The molecule has 2 aromatic carbocycles. The molecule has 1 saturated heterocycles. The first-order chi connectivity index (χ1) is 23.8. The van der Waals surface area contributed by atoms with Gasteiger partial charge in [0.15, 0.2) is 5.58 Å². The van der Waals surface area contributed by atoms with Crippen molar-refractivity contribution in [2.75, 3.05) is 26.7 Å². The summed E-state index contributed by atoms with van der Waals surface area (Å²) in [5, 5.41) is 46.9. The summed E-state index contributed by atoms with van der Waals surface area (Å²) < 4.78 is 12.9. The first kappa shape index (κ1) is 39.0. The van der Waals surface area contributed by atoms with Gasteiger partial charge < -0.3 is 49.5 Å². The van der Waals surface area contributed by atoms with E-state index in [0.717, 1.165) is 65.8 Å². The zero-order valence-corrected chi connectivity index (χ0v) is 28.1. The molecule has 1 fully saturated rings. The standard InChI is InChI=1S/C26H30N4O3S.2C4H4O4/c1-29-23-6-3-17(13-25(23)33-26(29)34)15-28-18-8-11-30(12-9-18)16-24(31)20-7-10-27-22-5-4-19(32-2)14-21(20)22;2*5-3(6)1-2-4(7)8/h3-7,10,13-14,18,24,28,31H,8-9,11-12,15-16H2,1-2H3;2*1-2H,(H,5,6)(H,7,8). The third-order valence-corrected chi connectivity index (χ3v) is 7.91. The SMILES string of the molecule is COc1ccc2nccc(C(O)CN3CCC(NCc4ccc5c(c4)oc(=S)n5C)CC3)c2c1.O=C(O)C=CC(=O)O.O=C(O)C=CC(=O)O. The molecule has 4 aromatic rings. The number of nitrogens with one attached hydrogen (secondary N) is 1. The van der Waals surface area contributed by atoms with Gasteiger partial charge in [-0.2, -0.15) is 0 Å². The quantitative estimate of drug-likeness (QED) is 0.0963. The van der Waals surface area contributed by atoms with E-state index in [-0.39, 0.29) is 0 Å². The Morgan fingerprint density at radius 1 is 0.960 bits per heavy atom. The lowest BCUT2D eigenvalue weighted by molar-refractivity contribution is -0.134. The van der Waals surface area contributed by atoms with Gasteiger partial charge in [-0.3, -0.25) is 4.98 Å². The molecule has 1 aliphatic heterocycles. The molecule has 266 valence electrons. The van der Waals surface area contributed by atoms with E-state index in [1.54, 1.807) is 13.3 Å². The van der Waals surface area contributed by atoms with Gasteiger partial charge in [-0.15, -0.1) is 0 Å². The van der Waals surface area contributed by atoms with Crippen LogP contribution in [0, 0.1) is 4.84 Å². The van der Waals surface area contributed by atoms with E-state index in [2.05, 4.69) is 33.4 Å². The summed E-state index contributed by atoms with van der Waals surface area (Å²) >= 11 is 5.22. The molecule has 50 heavy (non-hydrogen) atoms. The second-order valence-corrected chi connectivity index (χ2v) is 11.4. The fourth-order valence-electron chi connectivity index (χ4n) is 5.06. The molecule has 16 heteroatoms. The summed E-state index contributed by atoms with van der Waals surface area (Å²) in [6.45, 7) is 3.31. The molecule has 0 radical (unpaired) electrons. The minimum atomic E-state index is -1.26. The Morgan fingerprint density at radius 2 is 1.56 bits per heavy atom. The van der Waals surface area contributed by atoms with Crippen LogP contribution in [0.2, 0.25) is 0 Å². The molecule has 0 aliphatic carbocycles. The molecule has 0 saturated carbocycles. The van der Waals surface area contributed by atoms with Crippen LogP contribution >= 0.6 is 12.2 Å². The molecule has 15 nitrogen and oxygen atoms in total. The number of hydrogen-bond donors (Lipinski definition) is 6. The highest BCUT2D eigenvalue weighted by Gasteiger charge is 2.22. The highest BCUT2D eigenvalue weighted by Crippen LogP contribution is 2.28. The average molecular weight is 711 g/mol. The van der Waals surface area contributed by atoms with Gasteiger partial charge in [0, 0.05) is 62.1 Å². The number of oxazole rings is 1. The summed E-state index contributed by atoms with van der Waals surface area (Å²) in [6.07, 6.45) is 5.52. The van der Waals surface area contributed by atoms with Crippen LogP contribution in [0.1, 0.15) is 30.1 Å². The molecule has 1 aliphatic rings. The highest BCUT2D eigenvalue weighted by atomic mass is 32.1. The fraction of sp³-hybridized carbons (Fsp3) is 0.294. The van der Waals surface area contributed by atoms with Crippen LogP contribution in [0.3, 0.4) is 0 Å². The number of carboxylic acids is 4. The molecule has 6 N–H and O–H groups in total. The summed E-state index contributed by atoms with van der Waals surface area (Å²) in [6, 6.07) is 14.4. The summed E-state index contributed by atoms with van der Waals surface area (Å²) in [7, 11) is 3.57. The fourth-order valence-corrected chi connectivity index (χ4v) is 5.25. The van der Waals surface area contributed by atoms with Crippen molar-refractivity contribution in [1.29, 1.82) is 0 Å². The van der Waals surface area contributed by atoms with Crippen LogP contribution in [0.5, 0.6) is 5.75 Å². The topological polar surface area (TPSA) is 225 Å². The summed E-state index contributed by atoms with van der Waals surface area (Å²) in [5.41, 5.74) is 4.80. The number of rotatable bonds is 11. The van der Waals surface area contributed by atoms with Crippen LogP contribution in [0.4, 0.5) is 0 Å². The third kappa shape index (κ3) is 12.2. The number of β-amino-alcohol motifs (C(OH)–C–C–N with tert-alkyl or cyclic N) is 1. The van der Waals surface area contributed by atoms with Crippen LogP contribution in [0.25, 0.3) is 22.0 Å². The maximum absolute atomic E-state index is 11.0. The number of methoxy groups -OCH3 is 1. The largest absolute Gasteiger partial charge is 0.497 e. The monoisotopic (exact) mass is 710 g/mol. The predicted octanol–water partition coefficient (Wildman–Crippen LogP) is 3.77. The number of benzene rings is 2. The van der Waals surface area contributed by atoms with Gasteiger partial charge in [0.1, 0.15) is 5.75 Å². The zero-order chi connectivity index (χ0) is 36.8. The van der Waals surface area contributed by atoms with E-state index in [4.69, 9.17) is 41.8 Å². The number of ether oxygens (including phenoxy) is 1. The molecule has 5 rings (SSSR count). The van der Waals surface area contributed by atoms with E-state index in [9.17, 15) is 24.3 Å². The number of hydrogen-bond acceptors (Lipinski definition) is 11. The molecule has 0 spiro atoms. The number of aromatic nitrogens is 2. The van der Waals surface area contributed by atoms with Crippen molar-refractivity contribution in [3.8, 4) is 5.75 Å². The van der Waals surface area contributed by atoms with Crippen molar-refractivity contribution in [1.82, 2.24) is 19.8 Å². The van der Waals surface area contributed by atoms with Gasteiger partial charge in [0.25, 0.3) is 4.84 Å². The number of aliphatic hydroxyl groups excluding tert-OH is 1. The van der Waals surface area contributed by atoms with Gasteiger partial charge in [-0.05, 0) is 85.7 Å². The van der Waals surface area contributed by atoms with E-state index in [0.29, 0.717) is 41.7 Å². The Labute approximate surface area is 291 Å². The van der Waals surface area contributed by atoms with E-state index < -0.39 is 30.0 Å². The molecule has 3 heterocycles. The highest BCUT2D eigenvalue weighted by molar-refractivity contribution is 7.71. The van der Waals surface area contributed by atoms with Crippen LogP contribution < -0.4 is 10.1 Å².